The molecule has 1 aliphatic rings. The molecule has 3 N–H and O–H groups in total. The normalized spacial score (nSPS) is 16.3. The zero-order valence-corrected chi connectivity index (χ0v) is 9.95. The highest BCUT2D eigenvalue weighted by atomic mass is 32.1. The van der Waals surface area contributed by atoms with Gasteiger partial charge in [0.1, 0.15) is 11.0 Å². The number of hydrogen-bond donors (Lipinski definition) is 3. The van der Waals surface area contributed by atoms with Crippen LogP contribution in [0.25, 0.3) is 0 Å². The number of hydrogen-bond acceptors (Lipinski definition) is 5. The quantitative estimate of drug-likeness (QED) is 0.740. The second kappa shape index (κ2) is 4.66. The lowest BCUT2D eigenvalue weighted by Gasteiger charge is -2.12. The van der Waals surface area contributed by atoms with Gasteiger partial charge in [-0.1, -0.05) is 11.3 Å². The standard InChI is InChI=1S/C9H12N4O3S/c1-4-12-13-9(17-4)11-8(16)10-6(7(14)15)5-2-3-5/h5-6H,2-3H2,1H3,(H,14,15)(H2,10,11,13,16). The van der Waals surface area contributed by atoms with E-state index in [0.29, 0.717) is 5.13 Å². The molecule has 2 amide bonds. The molecule has 0 radical (unpaired) electrons. The number of anilines is 1. The van der Waals surface area contributed by atoms with Crippen molar-refractivity contribution in [1.82, 2.24) is 15.5 Å². The predicted octanol–water partition coefficient (Wildman–Crippen LogP) is 0.831. The lowest BCUT2D eigenvalue weighted by atomic mass is 10.2. The highest BCUT2D eigenvalue weighted by molar-refractivity contribution is 7.15. The first-order valence-electron chi connectivity index (χ1n) is 5.16. The fourth-order valence-electron chi connectivity index (χ4n) is 1.43. The molecule has 2 rings (SSSR count). The first-order chi connectivity index (χ1) is 8.06. The summed E-state index contributed by atoms with van der Waals surface area (Å²) >= 11 is 1.23. The van der Waals surface area contributed by atoms with Crippen LogP contribution >= 0.6 is 11.3 Å². The molecule has 0 aromatic carbocycles. The summed E-state index contributed by atoms with van der Waals surface area (Å²) in [6, 6.07) is -1.37. The number of carboxylic acids is 1. The molecular weight excluding hydrogens is 244 g/mol. The molecule has 7 nitrogen and oxygen atoms in total. The van der Waals surface area contributed by atoms with Gasteiger partial charge in [0, 0.05) is 0 Å². The van der Waals surface area contributed by atoms with Gasteiger partial charge in [0.05, 0.1) is 0 Å². The summed E-state index contributed by atoms with van der Waals surface area (Å²) < 4.78 is 0. The Bertz CT molecular complexity index is 443. The first kappa shape index (κ1) is 11.8. The van der Waals surface area contributed by atoms with Crippen LogP contribution in [-0.4, -0.2) is 33.3 Å². The van der Waals surface area contributed by atoms with Crippen molar-refractivity contribution >= 4 is 28.5 Å². The summed E-state index contributed by atoms with van der Waals surface area (Å²) in [5, 5.41) is 22.4. The van der Waals surface area contributed by atoms with Gasteiger partial charge >= 0.3 is 12.0 Å². The molecule has 0 spiro atoms. The molecule has 0 aliphatic heterocycles. The van der Waals surface area contributed by atoms with Crippen molar-refractivity contribution in [3.05, 3.63) is 5.01 Å². The lowest BCUT2D eigenvalue weighted by molar-refractivity contribution is -0.139. The van der Waals surface area contributed by atoms with Crippen molar-refractivity contribution in [2.45, 2.75) is 25.8 Å². The number of amides is 2. The van der Waals surface area contributed by atoms with E-state index in [-0.39, 0.29) is 5.92 Å². The van der Waals surface area contributed by atoms with Crippen molar-refractivity contribution in [2.24, 2.45) is 5.92 Å². The van der Waals surface area contributed by atoms with Gasteiger partial charge in [-0.05, 0) is 25.7 Å². The fraction of sp³-hybridized carbons (Fsp3) is 0.556. The molecule has 1 saturated carbocycles. The molecule has 0 bridgehead atoms. The Morgan fingerprint density at radius 2 is 2.18 bits per heavy atom. The highest BCUT2D eigenvalue weighted by Gasteiger charge is 2.37. The Hall–Kier alpha value is -1.70. The van der Waals surface area contributed by atoms with Gasteiger partial charge in [0.25, 0.3) is 0 Å². The molecule has 1 aromatic heterocycles. The third-order valence-corrected chi connectivity index (χ3v) is 3.15. The molecule has 1 unspecified atom stereocenters. The Kier molecular flexibility index (Phi) is 3.23. The van der Waals surface area contributed by atoms with E-state index in [1.165, 1.54) is 11.3 Å². The minimum atomic E-state index is -1.00. The number of aryl methyl sites for hydroxylation is 1. The first-order valence-corrected chi connectivity index (χ1v) is 5.98. The summed E-state index contributed by atoms with van der Waals surface area (Å²) in [6.45, 7) is 1.77. The van der Waals surface area contributed by atoms with Crippen LogP contribution in [-0.2, 0) is 4.79 Å². The zero-order valence-electron chi connectivity index (χ0n) is 9.14. The molecule has 1 atom stereocenters. The Labute approximate surface area is 101 Å². The summed E-state index contributed by atoms with van der Waals surface area (Å²) in [5.41, 5.74) is 0. The van der Waals surface area contributed by atoms with Crippen molar-refractivity contribution in [3.8, 4) is 0 Å². The second-order valence-corrected chi connectivity index (χ2v) is 5.06. The van der Waals surface area contributed by atoms with E-state index in [4.69, 9.17) is 5.11 Å². The van der Waals surface area contributed by atoms with Crippen LogP contribution in [0.4, 0.5) is 9.93 Å². The summed E-state index contributed by atoms with van der Waals surface area (Å²) in [7, 11) is 0. The van der Waals surface area contributed by atoms with Crippen LogP contribution < -0.4 is 10.6 Å². The third kappa shape index (κ3) is 3.13. The largest absolute Gasteiger partial charge is 0.480 e. The monoisotopic (exact) mass is 256 g/mol. The number of carboxylic acid groups (broad SMARTS) is 1. The predicted molar refractivity (Wildman–Crippen MR) is 60.9 cm³/mol. The van der Waals surface area contributed by atoms with Gasteiger partial charge in [0.2, 0.25) is 5.13 Å². The number of carbonyl (C=O) groups excluding carboxylic acids is 1. The summed E-state index contributed by atoms with van der Waals surface area (Å²) in [5.74, 6) is -0.953. The van der Waals surface area contributed by atoms with Crippen molar-refractivity contribution in [2.75, 3.05) is 5.32 Å². The topological polar surface area (TPSA) is 104 Å². The van der Waals surface area contributed by atoms with Gasteiger partial charge in [-0.25, -0.2) is 9.59 Å². The summed E-state index contributed by atoms with van der Waals surface area (Å²) in [6.07, 6.45) is 1.68. The number of nitrogens with one attached hydrogen (secondary N) is 2. The second-order valence-electron chi connectivity index (χ2n) is 3.88. The van der Waals surface area contributed by atoms with Crippen LogP contribution in [0.3, 0.4) is 0 Å². The molecule has 1 fully saturated rings. The van der Waals surface area contributed by atoms with Gasteiger partial charge < -0.3 is 10.4 Å². The van der Waals surface area contributed by atoms with E-state index < -0.39 is 18.0 Å². The molecule has 8 heteroatoms. The van der Waals surface area contributed by atoms with Gasteiger partial charge in [-0.3, -0.25) is 5.32 Å². The number of nitrogens with zero attached hydrogens (tertiary/aromatic N) is 2. The Balaban J connectivity index is 1.89. The average Bonchev–Trinajstić information content (AvgIpc) is 3.00. The number of carbonyl (C=O) groups is 2. The van der Waals surface area contributed by atoms with Gasteiger partial charge in [-0.2, -0.15) is 0 Å². The van der Waals surface area contributed by atoms with Crippen molar-refractivity contribution < 1.29 is 14.7 Å². The minimum Gasteiger partial charge on any atom is -0.480 e. The van der Waals surface area contributed by atoms with E-state index in [0.717, 1.165) is 17.8 Å². The average molecular weight is 256 g/mol. The SMILES string of the molecule is Cc1nnc(NC(=O)NC(C(=O)O)C2CC2)s1. The van der Waals surface area contributed by atoms with Crippen LogP contribution in [0.5, 0.6) is 0 Å². The molecular formula is C9H12N4O3S. The smallest absolute Gasteiger partial charge is 0.326 e. The van der Waals surface area contributed by atoms with E-state index in [9.17, 15) is 9.59 Å². The van der Waals surface area contributed by atoms with Crippen LogP contribution in [0.1, 0.15) is 17.8 Å². The Morgan fingerprint density at radius 1 is 1.47 bits per heavy atom. The molecule has 0 saturated heterocycles. The fourth-order valence-corrected chi connectivity index (χ4v) is 2.02. The van der Waals surface area contributed by atoms with E-state index in [2.05, 4.69) is 20.8 Å². The summed E-state index contributed by atoms with van der Waals surface area (Å²) in [4.78, 5) is 22.4. The maximum Gasteiger partial charge on any atom is 0.326 e. The van der Waals surface area contributed by atoms with E-state index >= 15 is 0 Å². The lowest BCUT2D eigenvalue weighted by Crippen LogP contribution is -2.44. The number of aromatic nitrogens is 2. The van der Waals surface area contributed by atoms with E-state index in [1.54, 1.807) is 6.92 Å². The van der Waals surface area contributed by atoms with Crippen LogP contribution in [0.15, 0.2) is 0 Å². The molecule has 92 valence electrons. The number of aliphatic carboxylic acids is 1. The van der Waals surface area contributed by atoms with Gasteiger partial charge in [-0.15, -0.1) is 10.2 Å². The minimum absolute atomic E-state index is 0.0504. The van der Waals surface area contributed by atoms with E-state index in [1.807, 2.05) is 0 Å². The maximum absolute atomic E-state index is 11.5. The maximum atomic E-state index is 11.5. The van der Waals surface area contributed by atoms with Crippen LogP contribution in [0, 0.1) is 12.8 Å². The Morgan fingerprint density at radius 3 is 2.65 bits per heavy atom. The van der Waals surface area contributed by atoms with Crippen molar-refractivity contribution in [3.63, 3.8) is 0 Å². The molecule has 1 aliphatic carbocycles. The van der Waals surface area contributed by atoms with Crippen molar-refractivity contribution in [1.29, 1.82) is 0 Å². The third-order valence-electron chi connectivity index (χ3n) is 2.39. The zero-order chi connectivity index (χ0) is 12.4. The molecule has 17 heavy (non-hydrogen) atoms. The van der Waals surface area contributed by atoms with Gasteiger partial charge in [0.15, 0.2) is 0 Å². The number of urea groups is 1. The number of rotatable bonds is 4. The molecule has 1 heterocycles. The molecule has 1 aromatic rings. The van der Waals surface area contributed by atoms with Crippen LogP contribution in [0.2, 0.25) is 0 Å². The highest BCUT2D eigenvalue weighted by Crippen LogP contribution is 2.32.